The first-order valence-corrected chi connectivity index (χ1v) is 3.32. The molecular weight excluding hydrogens is 128 g/mol. The second kappa shape index (κ2) is 3.15. The minimum Gasteiger partial charge on any atom is -0.303 e. The lowest BCUT2D eigenvalue weighted by Crippen LogP contribution is -2.02. The van der Waals surface area contributed by atoms with Crippen LogP contribution < -0.4 is 0 Å². The minimum atomic E-state index is 0.466. The van der Waals surface area contributed by atoms with Crippen molar-refractivity contribution in [1.82, 2.24) is 9.78 Å². The number of carbonyl (C=O) groups excluding carboxylic acids is 1. The number of aromatic nitrogens is 2. The summed E-state index contributed by atoms with van der Waals surface area (Å²) in [7, 11) is 0. The molecule has 0 radical (unpaired) electrons. The zero-order valence-corrected chi connectivity index (χ0v) is 5.95. The van der Waals surface area contributed by atoms with Crippen molar-refractivity contribution in [2.75, 3.05) is 0 Å². The van der Waals surface area contributed by atoms with Crippen molar-refractivity contribution < 1.29 is 4.79 Å². The molecule has 0 fully saturated rings. The number of rotatable bonds is 3. The van der Waals surface area contributed by atoms with Gasteiger partial charge in [-0.2, -0.15) is 5.10 Å². The van der Waals surface area contributed by atoms with E-state index >= 15 is 0 Å². The van der Waals surface area contributed by atoms with E-state index in [1.807, 2.05) is 17.7 Å². The molecule has 1 rings (SSSR count). The van der Waals surface area contributed by atoms with Crippen LogP contribution in [0.25, 0.3) is 0 Å². The van der Waals surface area contributed by atoms with E-state index < -0.39 is 0 Å². The molecule has 0 unspecified atom stereocenters. The third kappa shape index (κ3) is 1.23. The summed E-state index contributed by atoms with van der Waals surface area (Å²) in [6.07, 6.45) is 3.07. The highest BCUT2D eigenvalue weighted by atomic mass is 16.1. The molecule has 1 heterocycles. The van der Waals surface area contributed by atoms with E-state index in [0.717, 1.165) is 18.5 Å². The molecule has 0 aliphatic rings. The average molecular weight is 138 g/mol. The Morgan fingerprint density at radius 2 is 2.60 bits per heavy atom. The maximum Gasteiger partial charge on any atom is 0.125 e. The van der Waals surface area contributed by atoms with E-state index in [4.69, 9.17) is 0 Å². The van der Waals surface area contributed by atoms with Gasteiger partial charge in [0.05, 0.1) is 0 Å². The number of hydrogen-bond acceptors (Lipinski definition) is 2. The first kappa shape index (κ1) is 6.99. The smallest absolute Gasteiger partial charge is 0.125 e. The summed E-state index contributed by atoms with van der Waals surface area (Å²) in [4.78, 5) is 10.1. The van der Waals surface area contributed by atoms with E-state index in [9.17, 15) is 4.79 Å². The van der Waals surface area contributed by atoms with Crippen molar-refractivity contribution in [1.29, 1.82) is 0 Å². The van der Waals surface area contributed by atoms with Gasteiger partial charge in [0.25, 0.3) is 0 Å². The average Bonchev–Trinajstić information content (AvgIpc) is 2.36. The van der Waals surface area contributed by atoms with Crippen molar-refractivity contribution in [3.8, 4) is 0 Å². The van der Waals surface area contributed by atoms with E-state index in [2.05, 4.69) is 5.10 Å². The van der Waals surface area contributed by atoms with Crippen LogP contribution in [0, 0.1) is 0 Å². The Kier molecular flexibility index (Phi) is 2.20. The zero-order chi connectivity index (χ0) is 7.40. The highest BCUT2D eigenvalue weighted by Crippen LogP contribution is 1.97. The van der Waals surface area contributed by atoms with E-state index in [0.29, 0.717) is 6.42 Å². The van der Waals surface area contributed by atoms with Crippen LogP contribution in [0.3, 0.4) is 0 Å². The molecular formula is C7H10N2O. The molecule has 0 spiro atoms. The van der Waals surface area contributed by atoms with Crippen molar-refractivity contribution >= 4 is 6.29 Å². The predicted molar refractivity (Wildman–Crippen MR) is 37.7 cm³/mol. The lowest BCUT2D eigenvalue weighted by atomic mass is 10.3. The number of carbonyl (C=O) groups is 1. The van der Waals surface area contributed by atoms with Crippen LogP contribution in [0.4, 0.5) is 0 Å². The number of aryl methyl sites for hydroxylation is 1. The molecule has 0 amide bonds. The van der Waals surface area contributed by atoms with Gasteiger partial charge in [0.2, 0.25) is 0 Å². The third-order valence-corrected chi connectivity index (χ3v) is 1.40. The van der Waals surface area contributed by atoms with Crippen LogP contribution in [-0.4, -0.2) is 16.1 Å². The lowest BCUT2D eigenvalue weighted by molar-refractivity contribution is -0.107. The van der Waals surface area contributed by atoms with Crippen LogP contribution in [0.5, 0.6) is 0 Å². The van der Waals surface area contributed by atoms with Gasteiger partial charge in [-0.1, -0.05) is 0 Å². The largest absolute Gasteiger partial charge is 0.303 e. The van der Waals surface area contributed by atoms with Crippen molar-refractivity contribution in [3.05, 3.63) is 18.0 Å². The van der Waals surface area contributed by atoms with Crippen LogP contribution in [-0.2, 0) is 17.8 Å². The topological polar surface area (TPSA) is 34.9 Å². The number of aldehydes is 1. The van der Waals surface area contributed by atoms with Crippen LogP contribution >= 0.6 is 0 Å². The Morgan fingerprint density at radius 3 is 3.20 bits per heavy atom. The van der Waals surface area contributed by atoms with Gasteiger partial charge < -0.3 is 4.79 Å². The maximum atomic E-state index is 10.1. The molecule has 3 nitrogen and oxygen atoms in total. The van der Waals surface area contributed by atoms with Crippen LogP contribution in [0.1, 0.15) is 12.6 Å². The Labute approximate surface area is 59.7 Å². The van der Waals surface area contributed by atoms with Gasteiger partial charge >= 0.3 is 0 Å². The van der Waals surface area contributed by atoms with Gasteiger partial charge in [-0.05, 0) is 13.0 Å². The second-order valence-corrected chi connectivity index (χ2v) is 2.01. The molecule has 54 valence electrons. The molecule has 0 saturated carbocycles. The lowest BCUT2D eigenvalue weighted by Gasteiger charge is -1.98. The standard InChI is InChI=1S/C7H10N2O/c1-2-9-7(4-6-10)3-5-8-9/h3,5-6H,2,4H2,1H3. The highest BCUT2D eigenvalue weighted by Gasteiger charge is 1.96. The summed E-state index contributed by atoms with van der Waals surface area (Å²) in [5, 5.41) is 4.01. The first-order chi connectivity index (χ1) is 4.88. The van der Waals surface area contributed by atoms with Crippen molar-refractivity contribution in [2.45, 2.75) is 19.9 Å². The van der Waals surface area contributed by atoms with Gasteiger partial charge in [-0.25, -0.2) is 0 Å². The van der Waals surface area contributed by atoms with Crippen LogP contribution in [0.15, 0.2) is 12.3 Å². The summed E-state index contributed by atoms with van der Waals surface area (Å²) in [6, 6.07) is 1.86. The molecule has 0 bridgehead atoms. The Hall–Kier alpha value is -1.12. The molecule has 0 atom stereocenters. The zero-order valence-electron chi connectivity index (χ0n) is 5.95. The Balaban J connectivity index is 2.79. The summed E-state index contributed by atoms with van der Waals surface area (Å²) < 4.78 is 1.81. The predicted octanol–water partition coefficient (Wildman–Crippen LogP) is 0.644. The van der Waals surface area contributed by atoms with Gasteiger partial charge in [0, 0.05) is 24.9 Å². The molecule has 0 saturated heterocycles. The highest BCUT2D eigenvalue weighted by molar-refractivity contribution is 5.53. The fourth-order valence-corrected chi connectivity index (χ4v) is 0.904. The molecule has 0 N–H and O–H groups in total. The quantitative estimate of drug-likeness (QED) is 0.574. The first-order valence-electron chi connectivity index (χ1n) is 3.32. The van der Waals surface area contributed by atoms with Crippen molar-refractivity contribution in [3.63, 3.8) is 0 Å². The summed E-state index contributed by atoms with van der Waals surface area (Å²) in [5.74, 6) is 0. The summed E-state index contributed by atoms with van der Waals surface area (Å²) >= 11 is 0. The monoisotopic (exact) mass is 138 g/mol. The van der Waals surface area contributed by atoms with Gasteiger partial charge in [0.1, 0.15) is 6.29 Å². The van der Waals surface area contributed by atoms with Gasteiger partial charge in [-0.15, -0.1) is 0 Å². The number of hydrogen-bond donors (Lipinski definition) is 0. The second-order valence-electron chi connectivity index (χ2n) is 2.01. The minimum absolute atomic E-state index is 0.466. The van der Waals surface area contributed by atoms with E-state index in [-0.39, 0.29) is 0 Å². The van der Waals surface area contributed by atoms with Gasteiger partial charge in [0.15, 0.2) is 0 Å². The summed E-state index contributed by atoms with van der Waals surface area (Å²) in [5.41, 5.74) is 0.984. The fraction of sp³-hybridized carbons (Fsp3) is 0.429. The molecule has 0 aromatic carbocycles. The normalized spacial score (nSPS) is 9.70. The van der Waals surface area contributed by atoms with E-state index in [1.54, 1.807) is 6.20 Å². The molecule has 1 aromatic rings. The molecule has 10 heavy (non-hydrogen) atoms. The van der Waals surface area contributed by atoms with Gasteiger partial charge in [-0.3, -0.25) is 4.68 Å². The van der Waals surface area contributed by atoms with E-state index in [1.165, 1.54) is 0 Å². The molecule has 0 aliphatic carbocycles. The molecule has 0 aliphatic heterocycles. The Bertz CT molecular complexity index is 217. The third-order valence-electron chi connectivity index (χ3n) is 1.40. The molecule has 3 heteroatoms. The fourth-order valence-electron chi connectivity index (χ4n) is 0.904. The Morgan fingerprint density at radius 1 is 1.80 bits per heavy atom. The molecule has 1 aromatic heterocycles. The van der Waals surface area contributed by atoms with Crippen molar-refractivity contribution in [2.24, 2.45) is 0 Å². The van der Waals surface area contributed by atoms with Crippen LogP contribution in [0.2, 0.25) is 0 Å². The summed E-state index contributed by atoms with van der Waals surface area (Å²) in [6.45, 7) is 2.83. The maximum absolute atomic E-state index is 10.1. The number of nitrogens with zero attached hydrogens (tertiary/aromatic N) is 2. The SMILES string of the molecule is CCn1nccc1CC=O.